The van der Waals surface area contributed by atoms with Crippen LogP contribution in [-0.2, 0) is 6.42 Å². The van der Waals surface area contributed by atoms with E-state index in [9.17, 15) is 4.79 Å². The van der Waals surface area contributed by atoms with E-state index < -0.39 is 0 Å². The van der Waals surface area contributed by atoms with Gasteiger partial charge in [0.05, 0.1) is 0 Å². The van der Waals surface area contributed by atoms with Gasteiger partial charge in [-0.05, 0) is 48.6 Å². The summed E-state index contributed by atoms with van der Waals surface area (Å²) in [4.78, 5) is 13.4. The zero-order valence-corrected chi connectivity index (χ0v) is 12.7. The fourth-order valence-corrected chi connectivity index (χ4v) is 2.69. The summed E-state index contributed by atoms with van der Waals surface area (Å²) in [6, 6.07) is 9.55. The molecule has 4 heteroatoms. The highest BCUT2D eigenvalue weighted by Gasteiger charge is 2.07. The number of nitrogens with one attached hydrogen (secondary N) is 1. The van der Waals surface area contributed by atoms with Gasteiger partial charge in [0, 0.05) is 22.5 Å². The highest BCUT2D eigenvalue weighted by molar-refractivity contribution is 7.09. The Bertz CT molecular complexity index is 666. The molecule has 1 amide bonds. The average molecular weight is 299 g/mol. The Morgan fingerprint density at radius 1 is 1.38 bits per heavy atom. The number of aryl methyl sites for hydroxylation is 1. The molecule has 0 bridgehead atoms. The van der Waals surface area contributed by atoms with Crippen LogP contribution in [0, 0.1) is 18.8 Å². The largest absolute Gasteiger partial charge is 0.384 e. The van der Waals surface area contributed by atoms with E-state index in [1.165, 1.54) is 4.88 Å². The number of carbonyl (C=O) groups excluding carboxylic acids is 1. The van der Waals surface area contributed by atoms with E-state index in [0.29, 0.717) is 12.1 Å². The third-order valence-corrected chi connectivity index (χ3v) is 3.82. The maximum atomic E-state index is 12.1. The molecule has 0 atom stereocenters. The molecular formula is C17H17NO2S. The molecule has 0 radical (unpaired) electrons. The van der Waals surface area contributed by atoms with Crippen LogP contribution in [0.1, 0.15) is 26.4 Å². The van der Waals surface area contributed by atoms with Crippen LogP contribution in [-0.4, -0.2) is 24.2 Å². The van der Waals surface area contributed by atoms with Crippen LogP contribution in [0.25, 0.3) is 0 Å². The molecule has 2 N–H and O–H groups in total. The Kier molecular flexibility index (Phi) is 5.56. The summed E-state index contributed by atoms with van der Waals surface area (Å²) in [5.41, 5.74) is 2.32. The van der Waals surface area contributed by atoms with E-state index in [2.05, 4.69) is 23.2 Å². The Balaban J connectivity index is 1.99. The fraction of sp³-hybridized carbons (Fsp3) is 0.235. The van der Waals surface area contributed by atoms with Gasteiger partial charge in [-0.15, -0.1) is 11.3 Å². The van der Waals surface area contributed by atoms with E-state index in [4.69, 9.17) is 5.11 Å². The third-order valence-electron chi connectivity index (χ3n) is 2.89. The fourth-order valence-electron chi connectivity index (χ4n) is 1.98. The molecule has 1 aromatic carbocycles. The maximum absolute atomic E-state index is 12.1. The molecule has 108 valence electrons. The molecule has 21 heavy (non-hydrogen) atoms. The van der Waals surface area contributed by atoms with Crippen molar-refractivity contribution in [3.8, 4) is 11.8 Å². The van der Waals surface area contributed by atoms with Crippen molar-refractivity contribution in [2.45, 2.75) is 13.3 Å². The molecule has 0 fully saturated rings. The predicted octanol–water partition coefficient (Wildman–Crippen LogP) is 2.37. The lowest BCUT2D eigenvalue weighted by molar-refractivity contribution is 0.0954. The molecule has 0 aliphatic rings. The first-order valence-electron chi connectivity index (χ1n) is 6.71. The van der Waals surface area contributed by atoms with E-state index in [-0.39, 0.29) is 12.5 Å². The predicted molar refractivity (Wildman–Crippen MR) is 85.5 cm³/mol. The molecule has 2 aromatic rings. The number of benzene rings is 1. The molecule has 3 nitrogen and oxygen atoms in total. The number of carbonyl (C=O) groups is 1. The van der Waals surface area contributed by atoms with Crippen molar-refractivity contribution in [1.29, 1.82) is 0 Å². The van der Waals surface area contributed by atoms with Crippen molar-refractivity contribution in [1.82, 2.24) is 5.32 Å². The van der Waals surface area contributed by atoms with Gasteiger partial charge in [-0.3, -0.25) is 4.79 Å². The second kappa shape index (κ2) is 7.63. The molecule has 0 saturated carbocycles. The topological polar surface area (TPSA) is 49.3 Å². The summed E-state index contributed by atoms with van der Waals surface area (Å²) in [6.07, 6.45) is 0.840. The van der Waals surface area contributed by atoms with Gasteiger partial charge in [0.1, 0.15) is 6.61 Å². The third kappa shape index (κ3) is 4.75. The highest BCUT2D eigenvalue weighted by atomic mass is 32.1. The summed E-state index contributed by atoms with van der Waals surface area (Å²) >= 11 is 1.69. The highest BCUT2D eigenvalue weighted by Crippen LogP contribution is 2.10. The number of thiophene rings is 1. The van der Waals surface area contributed by atoms with Crippen LogP contribution >= 0.6 is 11.3 Å². The van der Waals surface area contributed by atoms with E-state index in [1.54, 1.807) is 17.4 Å². The molecule has 0 unspecified atom stereocenters. The first-order valence-corrected chi connectivity index (χ1v) is 7.59. The summed E-state index contributed by atoms with van der Waals surface area (Å²) in [6.45, 7) is 2.35. The lowest BCUT2D eigenvalue weighted by atomic mass is 10.1. The van der Waals surface area contributed by atoms with E-state index in [0.717, 1.165) is 17.5 Å². The first kappa shape index (κ1) is 15.3. The summed E-state index contributed by atoms with van der Waals surface area (Å²) in [7, 11) is 0. The smallest absolute Gasteiger partial charge is 0.251 e. The van der Waals surface area contributed by atoms with Crippen LogP contribution in [0.4, 0.5) is 0 Å². The van der Waals surface area contributed by atoms with Gasteiger partial charge in [-0.1, -0.05) is 17.9 Å². The molecular weight excluding hydrogens is 282 g/mol. The van der Waals surface area contributed by atoms with Gasteiger partial charge < -0.3 is 10.4 Å². The molecule has 1 aromatic heterocycles. The Labute approximate surface area is 128 Å². The molecule has 0 spiro atoms. The number of amides is 1. The monoisotopic (exact) mass is 299 g/mol. The second-order valence-corrected chi connectivity index (χ2v) is 5.67. The zero-order chi connectivity index (χ0) is 15.1. The number of aliphatic hydroxyl groups is 1. The van der Waals surface area contributed by atoms with Gasteiger partial charge in [-0.25, -0.2) is 0 Å². The van der Waals surface area contributed by atoms with Crippen molar-refractivity contribution in [2.24, 2.45) is 0 Å². The average Bonchev–Trinajstić information content (AvgIpc) is 2.97. The molecule has 2 rings (SSSR count). The van der Waals surface area contributed by atoms with Crippen molar-refractivity contribution in [2.75, 3.05) is 13.2 Å². The summed E-state index contributed by atoms with van der Waals surface area (Å²) in [5.74, 6) is 5.33. The molecule has 0 saturated heterocycles. The molecule has 0 aliphatic heterocycles. The van der Waals surface area contributed by atoms with E-state index >= 15 is 0 Å². The standard InChI is InChI=1S/C17H17NO2S/c1-13-10-14(4-2-8-19)12-15(11-13)17(20)18-7-6-16-5-3-9-21-16/h3,5,9-12,19H,6-8H2,1H3,(H,18,20). The Morgan fingerprint density at radius 2 is 2.24 bits per heavy atom. The van der Waals surface area contributed by atoms with Gasteiger partial charge in [0.2, 0.25) is 0 Å². The van der Waals surface area contributed by atoms with Crippen LogP contribution in [0.15, 0.2) is 35.7 Å². The minimum Gasteiger partial charge on any atom is -0.384 e. The van der Waals surface area contributed by atoms with Crippen LogP contribution in [0.2, 0.25) is 0 Å². The van der Waals surface area contributed by atoms with Crippen molar-refractivity contribution < 1.29 is 9.90 Å². The maximum Gasteiger partial charge on any atom is 0.251 e. The van der Waals surface area contributed by atoms with Gasteiger partial charge >= 0.3 is 0 Å². The van der Waals surface area contributed by atoms with Crippen molar-refractivity contribution in [3.63, 3.8) is 0 Å². The minimum absolute atomic E-state index is 0.0951. The normalized spacial score (nSPS) is 9.81. The number of rotatable bonds is 4. The van der Waals surface area contributed by atoms with Gasteiger partial charge in [0.25, 0.3) is 5.91 Å². The summed E-state index contributed by atoms with van der Waals surface area (Å²) < 4.78 is 0. The van der Waals surface area contributed by atoms with Crippen molar-refractivity contribution in [3.05, 3.63) is 57.3 Å². The van der Waals surface area contributed by atoms with Gasteiger partial charge in [0.15, 0.2) is 0 Å². The number of hydrogen-bond donors (Lipinski definition) is 2. The zero-order valence-electron chi connectivity index (χ0n) is 11.8. The second-order valence-electron chi connectivity index (χ2n) is 4.63. The quantitative estimate of drug-likeness (QED) is 0.852. The lowest BCUT2D eigenvalue weighted by Crippen LogP contribution is -2.25. The minimum atomic E-state index is -0.184. The Morgan fingerprint density at radius 3 is 2.95 bits per heavy atom. The number of hydrogen-bond acceptors (Lipinski definition) is 3. The van der Waals surface area contributed by atoms with Crippen LogP contribution in [0.3, 0.4) is 0 Å². The summed E-state index contributed by atoms with van der Waals surface area (Å²) in [5, 5.41) is 13.7. The SMILES string of the molecule is Cc1cc(C#CCO)cc(C(=O)NCCc2cccs2)c1. The Hall–Kier alpha value is -2.09. The van der Waals surface area contributed by atoms with Crippen molar-refractivity contribution >= 4 is 17.2 Å². The van der Waals surface area contributed by atoms with Crippen LogP contribution in [0.5, 0.6) is 0 Å². The molecule has 0 aliphatic carbocycles. The first-order chi connectivity index (χ1) is 10.2. The molecule has 1 heterocycles. The lowest BCUT2D eigenvalue weighted by Gasteiger charge is -2.06. The number of aliphatic hydroxyl groups excluding tert-OH is 1. The van der Waals surface area contributed by atoms with Gasteiger partial charge in [-0.2, -0.15) is 0 Å². The van der Waals surface area contributed by atoms with E-state index in [1.807, 2.05) is 30.5 Å². The van der Waals surface area contributed by atoms with Crippen LogP contribution < -0.4 is 5.32 Å².